The van der Waals surface area contributed by atoms with Gasteiger partial charge in [0.25, 0.3) is 5.91 Å². The summed E-state index contributed by atoms with van der Waals surface area (Å²) in [6.07, 6.45) is 5.54. The van der Waals surface area contributed by atoms with Crippen LogP contribution in [0.1, 0.15) is 23.3 Å². The fourth-order valence-electron chi connectivity index (χ4n) is 2.44. The number of methoxy groups -OCH3 is 1. The highest BCUT2D eigenvalue weighted by atomic mass is 16.5. The predicted octanol–water partition coefficient (Wildman–Crippen LogP) is 1.79. The Labute approximate surface area is 129 Å². The molecule has 6 heteroatoms. The van der Waals surface area contributed by atoms with E-state index in [0.717, 1.165) is 30.9 Å². The number of benzene rings is 1. The lowest BCUT2D eigenvalue weighted by Gasteiger charge is -2.09. The van der Waals surface area contributed by atoms with Crippen LogP contribution in [0.4, 0.5) is 0 Å². The first-order chi connectivity index (χ1) is 10.8. The average Bonchev–Trinajstić information content (AvgIpc) is 3.24. The monoisotopic (exact) mass is 301 g/mol. The fourth-order valence-corrected chi connectivity index (χ4v) is 2.44. The molecular formula is C16H19N3O3. The third kappa shape index (κ3) is 3.28. The zero-order valence-electron chi connectivity index (χ0n) is 12.5. The van der Waals surface area contributed by atoms with Gasteiger partial charge in [0.15, 0.2) is 0 Å². The van der Waals surface area contributed by atoms with E-state index in [4.69, 9.17) is 9.47 Å². The van der Waals surface area contributed by atoms with E-state index < -0.39 is 0 Å². The lowest BCUT2D eigenvalue weighted by Crippen LogP contribution is -2.31. The van der Waals surface area contributed by atoms with Gasteiger partial charge in [-0.2, -0.15) is 0 Å². The first-order valence-corrected chi connectivity index (χ1v) is 7.34. The molecule has 1 unspecified atom stereocenters. The van der Waals surface area contributed by atoms with Crippen LogP contribution in [0.15, 0.2) is 36.8 Å². The molecule has 1 aromatic heterocycles. The van der Waals surface area contributed by atoms with Crippen molar-refractivity contribution in [2.45, 2.75) is 18.9 Å². The number of rotatable bonds is 5. The summed E-state index contributed by atoms with van der Waals surface area (Å²) in [6, 6.07) is 7.56. The summed E-state index contributed by atoms with van der Waals surface area (Å²) in [7, 11) is 1.63. The molecule has 1 amide bonds. The standard InChI is InChI=1S/C16H19N3O3/c1-21-13-6-4-12(5-7-13)19-10-15(18-11-19)16(20)17-9-14-3-2-8-22-14/h4-7,10-11,14H,2-3,8-9H2,1H3,(H,17,20). The Hall–Kier alpha value is -2.34. The van der Waals surface area contributed by atoms with Gasteiger partial charge in [0.1, 0.15) is 17.8 Å². The molecule has 0 aliphatic carbocycles. The van der Waals surface area contributed by atoms with E-state index in [2.05, 4.69) is 10.3 Å². The molecular weight excluding hydrogens is 282 g/mol. The third-order valence-electron chi connectivity index (χ3n) is 3.70. The third-order valence-corrected chi connectivity index (χ3v) is 3.70. The Morgan fingerprint density at radius 2 is 2.27 bits per heavy atom. The van der Waals surface area contributed by atoms with E-state index in [-0.39, 0.29) is 12.0 Å². The fraction of sp³-hybridized carbons (Fsp3) is 0.375. The van der Waals surface area contributed by atoms with Gasteiger partial charge in [-0.3, -0.25) is 4.79 Å². The maximum absolute atomic E-state index is 12.1. The first kappa shape index (κ1) is 14.6. The molecule has 116 valence electrons. The quantitative estimate of drug-likeness (QED) is 0.914. The Balaban J connectivity index is 1.63. The van der Waals surface area contributed by atoms with Crippen LogP contribution in [-0.4, -0.2) is 41.8 Å². The second-order valence-electron chi connectivity index (χ2n) is 5.21. The van der Waals surface area contributed by atoms with Gasteiger partial charge in [-0.15, -0.1) is 0 Å². The molecule has 2 aromatic rings. The summed E-state index contributed by atoms with van der Waals surface area (Å²) in [5.41, 5.74) is 1.32. The van der Waals surface area contributed by atoms with Crippen LogP contribution in [-0.2, 0) is 4.74 Å². The number of ether oxygens (including phenoxy) is 2. The summed E-state index contributed by atoms with van der Waals surface area (Å²) in [5.74, 6) is 0.612. The molecule has 0 bridgehead atoms. The van der Waals surface area contributed by atoms with Crippen molar-refractivity contribution in [3.8, 4) is 11.4 Å². The Kier molecular flexibility index (Phi) is 4.39. The van der Waals surface area contributed by atoms with Crippen molar-refractivity contribution in [1.29, 1.82) is 0 Å². The lowest BCUT2D eigenvalue weighted by atomic mass is 10.2. The number of hydrogen-bond acceptors (Lipinski definition) is 4. The number of carbonyl (C=O) groups excluding carboxylic acids is 1. The van der Waals surface area contributed by atoms with Crippen molar-refractivity contribution in [2.75, 3.05) is 20.3 Å². The van der Waals surface area contributed by atoms with Crippen LogP contribution >= 0.6 is 0 Å². The van der Waals surface area contributed by atoms with Crippen molar-refractivity contribution in [3.63, 3.8) is 0 Å². The highest BCUT2D eigenvalue weighted by molar-refractivity contribution is 5.92. The maximum atomic E-state index is 12.1. The number of carbonyl (C=O) groups is 1. The van der Waals surface area contributed by atoms with Crippen molar-refractivity contribution < 1.29 is 14.3 Å². The zero-order valence-corrected chi connectivity index (χ0v) is 12.5. The maximum Gasteiger partial charge on any atom is 0.271 e. The minimum atomic E-state index is -0.178. The minimum Gasteiger partial charge on any atom is -0.497 e. The molecule has 22 heavy (non-hydrogen) atoms. The Morgan fingerprint density at radius 1 is 1.45 bits per heavy atom. The van der Waals surface area contributed by atoms with Crippen molar-refractivity contribution >= 4 is 5.91 Å². The zero-order chi connectivity index (χ0) is 15.4. The van der Waals surface area contributed by atoms with Crippen LogP contribution in [0.25, 0.3) is 5.69 Å². The van der Waals surface area contributed by atoms with E-state index in [1.807, 2.05) is 24.3 Å². The SMILES string of the molecule is COc1ccc(-n2cnc(C(=O)NCC3CCCO3)c2)cc1. The van der Waals surface area contributed by atoms with Gasteiger partial charge in [-0.1, -0.05) is 0 Å². The molecule has 1 atom stereocenters. The van der Waals surface area contributed by atoms with E-state index in [9.17, 15) is 4.79 Å². The second kappa shape index (κ2) is 6.62. The van der Waals surface area contributed by atoms with Crippen molar-refractivity contribution in [1.82, 2.24) is 14.9 Å². The van der Waals surface area contributed by atoms with Gasteiger partial charge >= 0.3 is 0 Å². The highest BCUT2D eigenvalue weighted by Gasteiger charge is 2.17. The molecule has 1 N–H and O–H groups in total. The molecule has 6 nitrogen and oxygen atoms in total. The largest absolute Gasteiger partial charge is 0.497 e. The summed E-state index contributed by atoms with van der Waals surface area (Å²) < 4.78 is 12.4. The Morgan fingerprint density at radius 3 is 2.95 bits per heavy atom. The number of aromatic nitrogens is 2. The van der Waals surface area contributed by atoms with Gasteiger partial charge in [-0.05, 0) is 37.1 Å². The molecule has 1 saturated heterocycles. The van der Waals surface area contributed by atoms with E-state index in [1.165, 1.54) is 0 Å². The van der Waals surface area contributed by atoms with E-state index >= 15 is 0 Å². The smallest absolute Gasteiger partial charge is 0.271 e. The van der Waals surface area contributed by atoms with Crippen LogP contribution < -0.4 is 10.1 Å². The van der Waals surface area contributed by atoms with Gasteiger partial charge in [0, 0.05) is 25.0 Å². The Bertz CT molecular complexity index is 630. The summed E-state index contributed by atoms with van der Waals surface area (Å²) in [5, 5.41) is 2.86. The molecule has 2 heterocycles. The van der Waals surface area contributed by atoms with E-state index in [0.29, 0.717) is 12.2 Å². The molecule has 1 aliphatic rings. The van der Waals surface area contributed by atoms with Gasteiger partial charge in [-0.25, -0.2) is 4.98 Å². The van der Waals surface area contributed by atoms with Crippen LogP contribution in [0.2, 0.25) is 0 Å². The van der Waals surface area contributed by atoms with Crippen LogP contribution in [0.3, 0.4) is 0 Å². The topological polar surface area (TPSA) is 65.4 Å². The van der Waals surface area contributed by atoms with Crippen molar-refractivity contribution in [3.05, 3.63) is 42.5 Å². The number of imidazole rings is 1. The molecule has 3 rings (SSSR count). The highest BCUT2D eigenvalue weighted by Crippen LogP contribution is 2.15. The number of nitrogens with zero attached hydrogens (tertiary/aromatic N) is 2. The molecule has 0 saturated carbocycles. The molecule has 0 spiro atoms. The minimum absolute atomic E-state index is 0.132. The van der Waals surface area contributed by atoms with Gasteiger partial charge in [0.05, 0.1) is 13.2 Å². The number of amides is 1. The molecule has 1 aromatic carbocycles. The van der Waals surface area contributed by atoms with Gasteiger partial charge < -0.3 is 19.4 Å². The van der Waals surface area contributed by atoms with Crippen molar-refractivity contribution in [2.24, 2.45) is 0 Å². The second-order valence-corrected chi connectivity index (χ2v) is 5.21. The summed E-state index contributed by atoms with van der Waals surface area (Å²) in [6.45, 7) is 1.32. The normalized spacial score (nSPS) is 17.4. The molecule has 1 aliphatic heterocycles. The van der Waals surface area contributed by atoms with Crippen LogP contribution in [0.5, 0.6) is 5.75 Å². The van der Waals surface area contributed by atoms with E-state index in [1.54, 1.807) is 24.2 Å². The average molecular weight is 301 g/mol. The van der Waals surface area contributed by atoms with Gasteiger partial charge in [0.2, 0.25) is 0 Å². The first-order valence-electron chi connectivity index (χ1n) is 7.34. The number of hydrogen-bond donors (Lipinski definition) is 1. The van der Waals surface area contributed by atoms with Crippen LogP contribution in [0, 0.1) is 0 Å². The number of nitrogens with one attached hydrogen (secondary N) is 1. The molecule has 1 fully saturated rings. The lowest BCUT2D eigenvalue weighted by molar-refractivity contribution is 0.0854. The predicted molar refractivity (Wildman–Crippen MR) is 81.4 cm³/mol. The molecule has 0 radical (unpaired) electrons. The summed E-state index contributed by atoms with van der Waals surface area (Å²) in [4.78, 5) is 16.2. The summed E-state index contributed by atoms with van der Waals surface area (Å²) >= 11 is 0.